The number of pyridine rings is 3. The van der Waals surface area contributed by atoms with Gasteiger partial charge in [-0.25, -0.2) is 19.3 Å². The monoisotopic (exact) mass is 427 g/mol. The summed E-state index contributed by atoms with van der Waals surface area (Å²) >= 11 is 1.61. The number of nitrogens with zero attached hydrogens (tertiary/aromatic N) is 3. The first-order valence-corrected chi connectivity index (χ1v) is 10.4. The van der Waals surface area contributed by atoms with Gasteiger partial charge in [0.25, 0.3) is 0 Å². The third-order valence-electron chi connectivity index (χ3n) is 4.68. The number of ether oxygens (including phenoxy) is 1. The molecule has 2 N–H and O–H groups in total. The van der Waals surface area contributed by atoms with Crippen molar-refractivity contribution in [3.8, 4) is 5.88 Å². The molecule has 4 aromatic heterocycles. The summed E-state index contributed by atoms with van der Waals surface area (Å²) in [6, 6.07) is 6.74. The van der Waals surface area contributed by atoms with Crippen LogP contribution in [0, 0.1) is 11.8 Å². The predicted octanol–water partition coefficient (Wildman–Crippen LogP) is 4.56. The molecule has 0 saturated carbocycles. The van der Waals surface area contributed by atoms with E-state index in [9.17, 15) is 8.78 Å². The van der Waals surface area contributed by atoms with Gasteiger partial charge in [0.15, 0.2) is 0 Å². The average Bonchev–Trinajstić information content (AvgIpc) is 3.16. The van der Waals surface area contributed by atoms with Crippen molar-refractivity contribution in [1.29, 1.82) is 0 Å². The van der Waals surface area contributed by atoms with Crippen LogP contribution in [0.15, 0.2) is 47.8 Å². The van der Waals surface area contributed by atoms with Crippen molar-refractivity contribution < 1.29 is 13.5 Å². The molecule has 4 rings (SSSR count). The highest BCUT2D eigenvalue weighted by molar-refractivity contribution is 7.98. The number of halogens is 2. The highest BCUT2D eigenvalue weighted by Gasteiger charge is 2.12. The van der Waals surface area contributed by atoms with Crippen LogP contribution in [-0.2, 0) is 13.0 Å². The Morgan fingerprint density at radius 1 is 1.10 bits per heavy atom. The van der Waals surface area contributed by atoms with Crippen molar-refractivity contribution in [3.63, 3.8) is 0 Å². The quantitative estimate of drug-likeness (QED) is 0.333. The number of rotatable bonds is 7. The zero-order valence-electron chi connectivity index (χ0n) is 16.4. The molecule has 4 heterocycles. The molecular formula is C21H19F2N5OS. The molecule has 0 saturated heterocycles. The number of methoxy groups -OCH3 is 1. The molecule has 0 amide bonds. The third kappa shape index (κ3) is 4.20. The van der Waals surface area contributed by atoms with Crippen molar-refractivity contribution in [2.24, 2.45) is 0 Å². The minimum Gasteiger partial charge on any atom is -0.481 e. The largest absolute Gasteiger partial charge is 0.481 e. The minimum absolute atomic E-state index is 0.200. The second-order valence-electron chi connectivity index (χ2n) is 6.58. The van der Waals surface area contributed by atoms with E-state index in [2.05, 4.69) is 25.3 Å². The van der Waals surface area contributed by atoms with E-state index in [0.29, 0.717) is 29.2 Å². The summed E-state index contributed by atoms with van der Waals surface area (Å²) in [6.07, 6.45) is 7.10. The van der Waals surface area contributed by atoms with E-state index in [1.807, 2.05) is 18.5 Å². The molecule has 154 valence electrons. The van der Waals surface area contributed by atoms with Gasteiger partial charge in [0.05, 0.1) is 13.3 Å². The summed E-state index contributed by atoms with van der Waals surface area (Å²) in [4.78, 5) is 16.4. The lowest BCUT2D eigenvalue weighted by Gasteiger charge is -2.10. The van der Waals surface area contributed by atoms with E-state index in [0.717, 1.165) is 27.7 Å². The molecule has 0 unspecified atom stereocenters. The van der Waals surface area contributed by atoms with Crippen LogP contribution in [0.5, 0.6) is 5.88 Å². The van der Waals surface area contributed by atoms with Gasteiger partial charge in [-0.3, -0.25) is 0 Å². The molecule has 9 heteroatoms. The third-order valence-corrected chi connectivity index (χ3v) is 5.37. The Kier molecular flexibility index (Phi) is 5.80. The number of hydrogen-bond donors (Lipinski definition) is 2. The summed E-state index contributed by atoms with van der Waals surface area (Å²) < 4.78 is 33.2. The zero-order chi connectivity index (χ0) is 21.1. The summed E-state index contributed by atoms with van der Waals surface area (Å²) in [7, 11) is 1.46. The lowest BCUT2D eigenvalue weighted by atomic mass is 10.1. The molecule has 0 aliphatic rings. The first-order chi connectivity index (χ1) is 14.6. The van der Waals surface area contributed by atoms with E-state index in [4.69, 9.17) is 4.74 Å². The maximum Gasteiger partial charge on any atom is 0.218 e. The van der Waals surface area contributed by atoms with Crippen molar-refractivity contribution in [3.05, 3.63) is 71.3 Å². The summed E-state index contributed by atoms with van der Waals surface area (Å²) in [5.74, 6) is -0.390. The predicted molar refractivity (Wildman–Crippen MR) is 113 cm³/mol. The summed E-state index contributed by atoms with van der Waals surface area (Å²) in [5.41, 5.74) is 2.71. The van der Waals surface area contributed by atoms with Gasteiger partial charge < -0.3 is 15.0 Å². The van der Waals surface area contributed by atoms with Crippen LogP contribution in [0.1, 0.15) is 16.7 Å². The van der Waals surface area contributed by atoms with Gasteiger partial charge in [-0.1, -0.05) is 6.07 Å². The van der Waals surface area contributed by atoms with Crippen LogP contribution in [0.3, 0.4) is 0 Å². The van der Waals surface area contributed by atoms with Crippen LogP contribution in [0.25, 0.3) is 11.0 Å². The first kappa shape index (κ1) is 20.1. The van der Waals surface area contributed by atoms with E-state index in [-0.39, 0.29) is 6.54 Å². The lowest BCUT2D eigenvalue weighted by molar-refractivity contribution is 0.391. The van der Waals surface area contributed by atoms with Crippen LogP contribution in [0.4, 0.5) is 14.6 Å². The van der Waals surface area contributed by atoms with Gasteiger partial charge in [-0.05, 0) is 30.0 Å². The number of H-pyrrole nitrogens is 1. The Labute approximate surface area is 176 Å². The van der Waals surface area contributed by atoms with Crippen LogP contribution >= 0.6 is 11.8 Å². The van der Waals surface area contributed by atoms with E-state index in [1.54, 1.807) is 30.1 Å². The van der Waals surface area contributed by atoms with E-state index >= 15 is 0 Å². The molecule has 0 bridgehead atoms. The van der Waals surface area contributed by atoms with Gasteiger partial charge in [0.2, 0.25) is 11.8 Å². The highest BCUT2D eigenvalue weighted by Crippen LogP contribution is 2.25. The fourth-order valence-electron chi connectivity index (χ4n) is 3.16. The SMILES string of the molecule is COc1ncc(F)cc1CNc1ccc(Cc2c[nH]c3ncc(SC)cc23)c(F)n1. The number of thioether (sulfide) groups is 1. The van der Waals surface area contributed by atoms with Crippen molar-refractivity contribution in [1.82, 2.24) is 19.9 Å². The van der Waals surface area contributed by atoms with Crippen LogP contribution < -0.4 is 10.1 Å². The standard InChI is InChI=1S/C21H19F2N5OS/c1-29-21-14(6-15(22)10-27-21)9-24-18-4-3-12(19(23)28-18)5-13-8-25-20-17(13)7-16(30-2)11-26-20/h3-4,6-8,10-11H,5,9H2,1-2H3,(H,24,28)(H,25,26). The molecular weight excluding hydrogens is 408 g/mol. The topological polar surface area (TPSA) is 75.7 Å². The number of hydrogen-bond acceptors (Lipinski definition) is 6. The Morgan fingerprint density at radius 2 is 1.97 bits per heavy atom. The van der Waals surface area contributed by atoms with Gasteiger partial charge in [0, 0.05) is 46.8 Å². The molecule has 0 radical (unpaired) electrons. The molecule has 0 atom stereocenters. The number of aromatic amines is 1. The number of anilines is 1. The number of fused-ring (bicyclic) bond motifs is 1. The molecule has 0 aromatic carbocycles. The van der Waals surface area contributed by atoms with Crippen LogP contribution in [0.2, 0.25) is 0 Å². The fourth-order valence-corrected chi connectivity index (χ4v) is 3.55. The molecule has 0 fully saturated rings. The van der Waals surface area contributed by atoms with E-state index < -0.39 is 11.8 Å². The van der Waals surface area contributed by atoms with Crippen LogP contribution in [-0.4, -0.2) is 33.3 Å². The maximum atomic E-state index is 14.6. The van der Waals surface area contributed by atoms with Gasteiger partial charge in [-0.2, -0.15) is 4.39 Å². The summed E-state index contributed by atoms with van der Waals surface area (Å²) in [5, 5.41) is 3.94. The van der Waals surface area contributed by atoms with E-state index in [1.165, 1.54) is 13.2 Å². The molecule has 0 aliphatic heterocycles. The first-order valence-electron chi connectivity index (χ1n) is 9.15. The number of nitrogens with one attached hydrogen (secondary N) is 2. The number of aromatic nitrogens is 4. The van der Waals surface area contributed by atoms with Crippen molar-refractivity contribution in [2.75, 3.05) is 18.7 Å². The molecule has 0 spiro atoms. The highest BCUT2D eigenvalue weighted by atomic mass is 32.2. The molecule has 6 nitrogen and oxygen atoms in total. The zero-order valence-corrected chi connectivity index (χ0v) is 17.2. The Morgan fingerprint density at radius 3 is 2.73 bits per heavy atom. The second-order valence-corrected chi connectivity index (χ2v) is 7.46. The van der Waals surface area contributed by atoms with Gasteiger partial charge >= 0.3 is 0 Å². The molecule has 30 heavy (non-hydrogen) atoms. The van der Waals surface area contributed by atoms with Crippen molar-refractivity contribution in [2.45, 2.75) is 17.9 Å². The normalized spacial score (nSPS) is 11.1. The fraction of sp³-hybridized carbons (Fsp3) is 0.190. The van der Waals surface area contributed by atoms with Gasteiger partial charge in [-0.15, -0.1) is 11.8 Å². The van der Waals surface area contributed by atoms with Crippen molar-refractivity contribution >= 4 is 28.6 Å². The Hall–Kier alpha value is -3.20. The molecule has 4 aromatic rings. The Balaban J connectivity index is 1.51. The van der Waals surface area contributed by atoms with Gasteiger partial charge in [0.1, 0.15) is 17.3 Å². The summed E-state index contributed by atoms with van der Waals surface area (Å²) in [6.45, 7) is 0.200. The average molecular weight is 427 g/mol. The minimum atomic E-state index is -0.562. The second kappa shape index (κ2) is 8.66. The Bertz CT molecular complexity index is 1200. The maximum absolute atomic E-state index is 14.6. The lowest BCUT2D eigenvalue weighted by Crippen LogP contribution is -2.06. The molecule has 0 aliphatic carbocycles. The smallest absolute Gasteiger partial charge is 0.218 e.